The molecule has 0 heterocycles. The molecule has 0 aromatic heterocycles. The average Bonchev–Trinajstić information content (AvgIpc) is 2.42. The van der Waals surface area contributed by atoms with Gasteiger partial charge in [0.2, 0.25) is 0 Å². The van der Waals surface area contributed by atoms with E-state index in [0.29, 0.717) is 0 Å². The number of hydrogen-bond donors (Lipinski definition) is 1. The van der Waals surface area contributed by atoms with E-state index in [1.165, 1.54) is 25.7 Å². The van der Waals surface area contributed by atoms with E-state index in [1.807, 2.05) is 25.1 Å². The first-order valence-corrected chi connectivity index (χ1v) is 7.11. The van der Waals surface area contributed by atoms with Crippen LogP contribution in [0.25, 0.3) is 0 Å². The van der Waals surface area contributed by atoms with Crippen LogP contribution in [0.2, 0.25) is 0 Å². The molecule has 0 fully saturated rings. The second kappa shape index (κ2) is 9.47. The lowest BCUT2D eigenvalue weighted by atomic mass is 10.1. The van der Waals surface area contributed by atoms with Crippen molar-refractivity contribution in [1.82, 2.24) is 0 Å². The molecule has 0 radical (unpaired) electrons. The minimum atomic E-state index is -0.121. The molecular weight excluding hydrogens is 236 g/mol. The number of aryl methyl sites for hydroxylation is 1. The summed E-state index contributed by atoms with van der Waals surface area (Å²) in [4.78, 5) is 0. The molecule has 1 aromatic carbocycles. The van der Waals surface area contributed by atoms with Crippen molar-refractivity contribution in [2.45, 2.75) is 46.0 Å². The molecule has 0 saturated carbocycles. The van der Waals surface area contributed by atoms with Gasteiger partial charge in [0.05, 0.1) is 12.2 Å². The van der Waals surface area contributed by atoms with E-state index in [2.05, 4.69) is 18.8 Å². The van der Waals surface area contributed by atoms with Crippen LogP contribution in [0.5, 0.6) is 5.75 Å². The molecule has 0 saturated heterocycles. The molecular formula is C17H24O2. The van der Waals surface area contributed by atoms with Gasteiger partial charge in [0.25, 0.3) is 0 Å². The third-order valence-corrected chi connectivity index (χ3v) is 2.94. The van der Waals surface area contributed by atoms with Crippen LogP contribution in [-0.4, -0.2) is 18.3 Å². The lowest BCUT2D eigenvalue weighted by Gasteiger charge is -2.09. The van der Waals surface area contributed by atoms with Crippen molar-refractivity contribution in [3.63, 3.8) is 0 Å². The molecule has 2 heteroatoms. The Morgan fingerprint density at radius 3 is 2.68 bits per heavy atom. The SMILES string of the molecule is CCCCCCCOc1ccc(C)cc1C#CCO. The lowest BCUT2D eigenvalue weighted by Crippen LogP contribution is -1.99. The number of hydrogen-bond acceptors (Lipinski definition) is 2. The van der Waals surface area contributed by atoms with Gasteiger partial charge in [-0.2, -0.15) is 0 Å². The molecule has 0 spiro atoms. The Morgan fingerprint density at radius 1 is 1.16 bits per heavy atom. The second-order valence-electron chi connectivity index (χ2n) is 4.72. The third-order valence-electron chi connectivity index (χ3n) is 2.94. The molecule has 1 rings (SSSR count). The summed E-state index contributed by atoms with van der Waals surface area (Å²) < 4.78 is 5.79. The van der Waals surface area contributed by atoms with Gasteiger partial charge in [-0.15, -0.1) is 0 Å². The number of ether oxygens (including phenoxy) is 1. The van der Waals surface area contributed by atoms with Gasteiger partial charge < -0.3 is 9.84 Å². The first kappa shape index (κ1) is 15.6. The van der Waals surface area contributed by atoms with E-state index in [-0.39, 0.29) is 6.61 Å². The minimum Gasteiger partial charge on any atom is -0.492 e. The van der Waals surface area contributed by atoms with E-state index in [4.69, 9.17) is 9.84 Å². The van der Waals surface area contributed by atoms with Crippen LogP contribution >= 0.6 is 0 Å². The molecule has 1 aromatic rings. The van der Waals surface area contributed by atoms with Crippen molar-refractivity contribution in [1.29, 1.82) is 0 Å². The van der Waals surface area contributed by atoms with Crippen LogP contribution < -0.4 is 4.74 Å². The van der Waals surface area contributed by atoms with Gasteiger partial charge in [0.15, 0.2) is 0 Å². The van der Waals surface area contributed by atoms with Gasteiger partial charge in [0, 0.05) is 0 Å². The number of unbranched alkanes of at least 4 members (excludes halogenated alkanes) is 4. The van der Waals surface area contributed by atoms with Gasteiger partial charge in [-0.05, 0) is 31.0 Å². The number of aliphatic hydroxyl groups is 1. The summed E-state index contributed by atoms with van der Waals surface area (Å²) >= 11 is 0. The van der Waals surface area contributed by atoms with Crippen LogP contribution in [0.3, 0.4) is 0 Å². The zero-order valence-corrected chi connectivity index (χ0v) is 12.0. The monoisotopic (exact) mass is 260 g/mol. The molecule has 0 bridgehead atoms. The van der Waals surface area contributed by atoms with E-state index in [1.54, 1.807) is 0 Å². The first-order chi connectivity index (χ1) is 9.27. The molecule has 19 heavy (non-hydrogen) atoms. The van der Waals surface area contributed by atoms with Gasteiger partial charge in [-0.25, -0.2) is 0 Å². The summed E-state index contributed by atoms with van der Waals surface area (Å²) in [6, 6.07) is 5.98. The molecule has 1 N–H and O–H groups in total. The Kier molecular flexibility index (Phi) is 7.77. The topological polar surface area (TPSA) is 29.5 Å². The number of benzene rings is 1. The van der Waals surface area contributed by atoms with Crippen LogP contribution in [-0.2, 0) is 0 Å². The highest BCUT2D eigenvalue weighted by atomic mass is 16.5. The fourth-order valence-corrected chi connectivity index (χ4v) is 1.89. The summed E-state index contributed by atoms with van der Waals surface area (Å²) in [6.07, 6.45) is 6.15. The van der Waals surface area contributed by atoms with Crippen molar-refractivity contribution < 1.29 is 9.84 Å². The maximum Gasteiger partial charge on any atom is 0.134 e. The van der Waals surface area contributed by atoms with E-state index in [0.717, 1.165) is 29.9 Å². The zero-order valence-electron chi connectivity index (χ0n) is 12.0. The quantitative estimate of drug-likeness (QED) is 0.598. The average molecular weight is 260 g/mol. The molecule has 104 valence electrons. The molecule has 0 unspecified atom stereocenters. The van der Waals surface area contributed by atoms with Crippen molar-refractivity contribution in [3.05, 3.63) is 29.3 Å². The van der Waals surface area contributed by atoms with Crippen LogP contribution in [0.15, 0.2) is 18.2 Å². The highest BCUT2D eigenvalue weighted by Crippen LogP contribution is 2.19. The zero-order chi connectivity index (χ0) is 13.9. The fourth-order valence-electron chi connectivity index (χ4n) is 1.89. The third kappa shape index (κ3) is 6.31. The van der Waals surface area contributed by atoms with E-state index >= 15 is 0 Å². The normalized spacial score (nSPS) is 9.84. The summed E-state index contributed by atoms with van der Waals surface area (Å²) in [5.74, 6) is 6.44. The minimum absolute atomic E-state index is 0.121. The Morgan fingerprint density at radius 2 is 1.95 bits per heavy atom. The predicted octanol–water partition coefficient (Wildman–Crippen LogP) is 3.69. The molecule has 0 aliphatic carbocycles. The largest absolute Gasteiger partial charge is 0.492 e. The summed E-state index contributed by atoms with van der Waals surface area (Å²) in [7, 11) is 0. The molecule has 0 aliphatic heterocycles. The predicted molar refractivity (Wildman–Crippen MR) is 79.4 cm³/mol. The second-order valence-corrected chi connectivity index (χ2v) is 4.72. The van der Waals surface area contributed by atoms with Gasteiger partial charge in [-0.3, -0.25) is 0 Å². The Bertz CT molecular complexity index is 427. The van der Waals surface area contributed by atoms with Gasteiger partial charge >= 0.3 is 0 Å². The fraction of sp³-hybridized carbons (Fsp3) is 0.529. The summed E-state index contributed by atoms with van der Waals surface area (Å²) in [5.41, 5.74) is 2.01. The maximum atomic E-state index is 8.77. The smallest absolute Gasteiger partial charge is 0.134 e. The number of aliphatic hydroxyl groups excluding tert-OH is 1. The van der Waals surface area contributed by atoms with Gasteiger partial charge in [0.1, 0.15) is 12.4 Å². The van der Waals surface area contributed by atoms with Crippen LogP contribution in [0.4, 0.5) is 0 Å². The van der Waals surface area contributed by atoms with Crippen molar-refractivity contribution in [2.75, 3.05) is 13.2 Å². The van der Waals surface area contributed by atoms with E-state index in [9.17, 15) is 0 Å². The standard InChI is InChI=1S/C17H24O2/c1-3-4-5-6-7-13-19-17-11-10-15(2)14-16(17)9-8-12-18/h10-11,14,18H,3-7,12-13H2,1-2H3. The Balaban J connectivity index is 2.48. The van der Waals surface area contributed by atoms with Crippen molar-refractivity contribution in [2.24, 2.45) is 0 Å². The molecule has 0 amide bonds. The Labute approximate surface area is 116 Å². The van der Waals surface area contributed by atoms with E-state index < -0.39 is 0 Å². The highest BCUT2D eigenvalue weighted by Gasteiger charge is 2.01. The lowest BCUT2D eigenvalue weighted by molar-refractivity contribution is 0.303. The number of rotatable bonds is 7. The van der Waals surface area contributed by atoms with Gasteiger partial charge in [-0.1, -0.05) is 50.5 Å². The highest BCUT2D eigenvalue weighted by molar-refractivity contribution is 5.48. The van der Waals surface area contributed by atoms with Crippen LogP contribution in [0, 0.1) is 18.8 Å². The van der Waals surface area contributed by atoms with Crippen molar-refractivity contribution in [3.8, 4) is 17.6 Å². The molecule has 0 aliphatic rings. The molecule has 0 atom stereocenters. The first-order valence-electron chi connectivity index (χ1n) is 7.11. The Hall–Kier alpha value is -1.46. The summed E-state index contributed by atoms with van der Waals surface area (Å²) in [5, 5.41) is 8.77. The summed E-state index contributed by atoms with van der Waals surface area (Å²) in [6.45, 7) is 4.86. The van der Waals surface area contributed by atoms with Crippen molar-refractivity contribution >= 4 is 0 Å². The maximum absolute atomic E-state index is 8.77. The molecule has 2 nitrogen and oxygen atoms in total. The van der Waals surface area contributed by atoms with Crippen LogP contribution in [0.1, 0.15) is 50.2 Å².